The van der Waals surface area contributed by atoms with Gasteiger partial charge in [-0.2, -0.15) is 0 Å². The predicted molar refractivity (Wildman–Crippen MR) is 80.7 cm³/mol. The summed E-state index contributed by atoms with van der Waals surface area (Å²) in [7, 11) is 4.13. The van der Waals surface area contributed by atoms with E-state index in [-0.39, 0.29) is 10.9 Å². The van der Waals surface area contributed by atoms with Gasteiger partial charge < -0.3 is 14.5 Å². The molecule has 0 bridgehead atoms. The van der Waals surface area contributed by atoms with E-state index in [0.717, 1.165) is 37.3 Å². The summed E-state index contributed by atoms with van der Waals surface area (Å²) < 4.78 is 4.89. The Morgan fingerprint density at radius 1 is 1.43 bits per heavy atom. The molecule has 2 rings (SSSR count). The van der Waals surface area contributed by atoms with Crippen LogP contribution in [0.15, 0.2) is 5.38 Å². The molecular weight excluding hydrogens is 290 g/mol. The quantitative estimate of drug-likeness (QED) is 0.788. The van der Waals surface area contributed by atoms with Gasteiger partial charge in [0.25, 0.3) is 5.91 Å². The molecule has 1 aliphatic heterocycles. The minimum Gasteiger partial charge on any atom is -0.461 e. The number of piperidine rings is 1. The van der Waals surface area contributed by atoms with Crippen LogP contribution in [0.5, 0.6) is 0 Å². The fraction of sp³-hybridized carbons (Fsp3) is 0.643. The number of likely N-dealkylation sites (tertiary alicyclic amines) is 1. The van der Waals surface area contributed by atoms with Gasteiger partial charge in [0.05, 0.1) is 6.61 Å². The molecule has 0 aromatic carbocycles. The SMILES string of the molecule is CCOC(=O)c1nc(C(=O)N2CCC(N(C)C)CC2)cs1. The first-order valence-electron chi connectivity index (χ1n) is 7.11. The fourth-order valence-electron chi connectivity index (χ4n) is 2.41. The van der Waals surface area contributed by atoms with Crippen molar-refractivity contribution in [2.45, 2.75) is 25.8 Å². The fourth-order valence-corrected chi connectivity index (χ4v) is 3.09. The molecule has 116 valence electrons. The van der Waals surface area contributed by atoms with E-state index in [4.69, 9.17) is 4.74 Å². The zero-order valence-corrected chi connectivity index (χ0v) is 13.5. The summed E-state index contributed by atoms with van der Waals surface area (Å²) in [6, 6.07) is 0.527. The molecule has 2 heterocycles. The Morgan fingerprint density at radius 3 is 2.67 bits per heavy atom. The lowest BCUT2D eigenvalue weighted by atomic mass is 10.0. The second-order valence-electron chi connectivity index (χ2n) is 5.25. The minimum absolute atomic E-state index is 0.0981. The largest absolute Gasteiger partial charge is 0.461 e. The van der Waals surface area contributed by atoms with E-state index >= 15 is 0 Å². The lowest BCUT2D eigenvalue weighted by Gasteiger charge is -2.34. The molecule has 21 heavy (non-hydrogen) atoms. The van der Waals surface area contributed by atoms with Gasteiger partial charge in [-0.15, -0.1) is 11.3 Å². The van der Waals surface area contributed by atoms with Crippen LogP contribution < -0.4 is 0 Å². The van der Waals surface area contributed by atoms with Gasteiger partial charge in [0.1, 0.15) is 5.69 Å². The third-order valence-corrected chi connectivity index (χ3v) is 4.48. The van der Waals surface area contributed by atoms with Crippen molar-refractivity contribution in [3.63, 3.8) is 0 Å². The number of carbonyl (C=O) groups excluding carboxylic acids is 2. The van der Waals surface area contributed by atoms with Crippen molar-refractivity contribution in [2.75, 3.05) is 33.8 Å². The molecule has 0 N–H and O–H groups in total. The Hall–Kier alpha value is -1.47. The molecule has 6 nitrogen and oxygen atoms in total. The number of carbonyl (C=O) groups is 2. The third-order valence-electron chi connectivity index (χ3n) is 3.66. The van der Waals surface area contributed by atoms with Crippen molar-refractivity contribution in [3.8, 4) is 0 Å². The molecule has 1 fully saturated rings. The van der Waals surface area contributed by atoms with E-state index in [2.05, 4.69) is 24.0 Å². The summed E-state index contributed by atoms with van der Waals surface area (Å²) in [5.74, 6) is -0.563. The number of amides is 1. The molecule has 0 spiro atoms. The van der Waals surface area contributed by atoms with Gasteiger partial charge in [-0.25, -0.2) is 9.78 Å². The molecule has 1 amide bonds. The van der Waals surface area contributed by atoms with E-state index < -0.39 is 5.97 Å². The topological polar surface area (TPSA) is 62.7 Å². The van der Waals surface area contributed by atoms with E-state index in [1.165, 1.54) is 0 Å². The second-order valence-corrected chi connectivity index (χ2v) is 6.10. The lowest BCUT2D eigenvalue weighted by Crippen LogP contribution is -2.44. The number of esters is 1. The summed E-state index contributed by atoms with van der Waals surface area (Å²) in [5, 5.41) is 1.87. The maximum atomic E-state index is 12.4. The highest BCUT2D eigenvalue weighted by atomic mass is 32.1. The van der Waals surface area contributed by atoms with Gasteiger partial charge in [-0.1, -0.05) is 0 Å². The standard InChI is InChI=1S/C14H21N3O3S/c1-4-20-14(19)12-15-11(9-21-12)13(18)17-7-5-10(6-8-17)16(2)3/h9-10H,4-8H2,1-3H3. The lowest BCUT2D eigenvalue weighted by molar-refractivity contribution is 0.0525. The molecule has 0 saturated carbocycles. The first-order chi connectivity index (χ1) is 10.0. The Bertz CT molecular complexity index is 507. The smallest absolute Gasteiger partial charge is 0.367 e. The number of nitrogens with zero attached hydrogens (tertiary/aromatic N) is 3. The van der Waals surface area contributed by atoms with Gasteiger partial charge in [-0.3, -0.25) is 4.79 Å². The average Bonchev–Trinajstić information content (AvgIpc) is 2.96. The third kappa shape index (κ3) is 3.79. The van der Waals surface area contributed by atoms with E-state index in [1.807, 2.05) is 4.90 Å². The van der Waals surface area contributed by atoms with Crippen LogP contribution in [0.1, 0.15) is 40.1 Å². The molecule has 0 radical (unpaired) electrons. The first-order valence-corrected chi connectivity index (χ1v) is 7.99. The maximum Gasteiger partial charge on any atom is 0.367 e. The van der Waals surface area contributed by atoms with Crippen molar-refractivity contribution in [1.82, 2.24) is 14.8 Å². The van der Waals surface area contributed by atoms with Crippen molar-refractivity contribution >= 4 is 23.2 Å². The summed E-state index contributed by atoms with van der Waals surface area (Å²) >= 11 is 1.15. The van der Waals surface area contributed by atoms with Crippen LogP contribution >= 0.6 is 11.3 Å². The highest BCUT2D eigenvalue weighted by Gasteiger charge is 2.26. The zero-order chi connectivity index (χ0) is 15.4. The average molecular weight is 311 g/mol. The molecule has 1 saturated heterocycles. The van der Waals surface area contributed by atoms with Crippen LogP contribution in [-0.2, 0) is 4.74 Å². The van der Waals surface area contributed by atoms with Gasteiger partial charge in [0.2, 0.25) is 5.01 Å². The highest BCUT2D eigenvalue weighted by Crippen LogP contribution is 2.18. The van der Waals surface area contributed by atoms with E-state index in [0.29, 0.717) is 18.3 Å². The van der Waals surface area contributed by atoms with Crippen LogP contribution in [0.2, 0.25) is 0 Å². The normalized spacial score (nSPS) is 16.3. The summed E-state index contributed by atoms with van der Waals surface area (Å²) in [6.07, 6.45) is 1.93. The summed E-state index contributed by atoms with van der Waals surface area (Å²) in [5.41, 5.74) is 0.339. The van der Waals surface area contributed by atoms with Crippen LogP contribution in [0.25, 0.3) is 0 Å². The Labute approximate surface area is 128 Å². The second kappa shape index (κ2) is 7.00. The van der Waals surface area contributed by atoms with Gasteiger partial charge in [0, 0.05) is 24.5 Å². The Morgan fingerprint density at radius 2 is 2.10 bits per heavy atom. The molecule has 1 aromatic heterocycles. The van der Waals surface area contributed by atoms with Crippen LogP contribution in [0.3, 0.4) is 0 Å². The number of hydrogen-bond acceptors (Lipinski definition) is 6. The number of hydrogen-bond donors (Lipinski definition) is 0. The summed E-state index contributed by atoms with van der Waals surface area (Å²) in [6.45, 7) is 3.51. The number of rotatable bonds is 4. The van der Waals surface area contributed by atoms with Gasteiger partial charge in [0.15, 0.2) is 0 Å². The molecular formula is C14H21N3O3S. The van der Waals surface area contributed by atoms with Gasteiger partial charge in [-0.05, 0) is 33.9 Å². The van der Waals surface area contributed by atoms with Crippen LogP contribution in [0.4, 0.5) is 0 Å². The van der Waals surface area contributed by atoms with E-state index in [1.54, 1.807) is 12.3 Å². The Kier molecular flexibility index (Phi) is 5.30. The maximum absolute atomic E-state index is 12.4. The number of thiazole rings is 1. The zero-order valence-electron chi connectivity index (χ0n) is 12.7. The molecule has 7 heteroatoms. The van der Waals surface area contributed by atoms with E-state index in [9.17, 15) is 9.59 Å². The van der Waals surface area contributed by atoms with Gasteiger partial charge >= 0.3 is 5.97 Å². The molecule has 1 aliphatic rings. The van der Waals surface area contributed by atoms with Crippen molar-refractivity contribution in [3.05, 3.63) is 16.1 Å². The summed E-state index contributed by atoms with van der Waals surface area (Å²) in [4.78, 5) is 32.1. The monoisotopic (exact) mass is 311 g/mol. The van der Waals surface area contributed by atoms with Crippen LogP contribution in [-0.4, -0.2) is 66.5 Å². The van der Waals surface area contributed by atoms with Crippen LogP contribution in [0, 0.1) is 0 Å². The van der Waals surface area contributed by atoms with Crippen molar-refractivity contribution < 1.29 is 14.3 Å². The molecule has 0 unspecified atom stereocenters. The molecule has 1 aromatic rings. The first kappa shape index (κ1) is 15.9. The van der Waals surface area contributed by atoms with Crippen molar-refractivity contribution in [2.24, 2.45) is 0 Å². The van der Waals surface area contributed by atoms with Crippen molar-refractivity contribution in [1.29, 1.82) is 0 Å². The minimum atomic E-state index is -0.465. The predicted octanol–water partition coefficient (Wildman–Crippen LogP) is 1.49. The number of ether oxygens (including phenoxy) is 1. The molecule has 0 atom stereocenters. The highest BCUT2D eigenvalue weighted by molar-refractivity contribution is 7.11. The Balaban J connectivity index is 1.97. The molecule has 0 aliphatic carbocycles. The number of aromatic nitrogens is 1.